The van der Waals surface area contributed by atoms with E-state index in [2.05, 4.69) is 15.3 Å². The van der Waals surface area contributed by atoms with Gasteiger partial charge in [0.1, 0.15) is 23.9 Å². The third-order valence-corrected chi connectivity index (χ3v) is 4.06. The lowest BCUT2D eigenvalue weighted by Crippen LogP contribution is -2.05. The van der Waals surface area contributed by atoms with E-state index in [1.807, 2.05) is 32.0 Å². The zero-order valence-corrected chi connectivity index (χ0v) is 15.1. The number of aromatic nitrogens is 3. The second-order valence-corrected chi connectivity index (χ2v) is 6.14. The van der Waals surface area contributed by atoms with Crippen LogP contribution >= 0.6 is 12.2 Å². The van der Waals surface area contributed by atoms with Crippen LogP contribution in [0.3, 0.4) is 0 Å². The number of aromatic hydroxyl groups is 2. The predicted octanol–water partition coefficient (Wildman–Crippen LogP) is 3.43. The van der Waals surface area contributed by atoms with Crippen LogP contribution in [-0.2, 0) is 6.61 Å². The maximum Gasteiger partial charge on any atom is 0.216 e. The molecule has 0 unspecified atom stereocenters. The summed E-state index contributed by atoms with van der Waals surface area (Å²) in [5.41, 5.74) is 2.50. The zero-order valence-electron chi connectivity index (χ0n) is 14.3. The molecule has 0 saturated heterocycles. The van der Waals surface area contributed by atoms with Gasteiger partial charge in [-0.1, -0.05) is 18.2 Å². The second-order valence-electron chi connectivity index (χ2n) is 5.75. The van der Waals surface area contributed by atoms with E-state index in [4.69, 9.17) is 17.0 Å². The van der Waals surface area contributed by atoms with Crippen LogP contribution in [-0.4, -0.2) is 31.3 Å². The van der Waals surface area contributed by atoms with Crippen molar-refractivity contribution in [2.75, 3.05) is 0 Å². The van der Waals surface area contributed by atoms with Crippen LogP contribution in [0.1, 0.15) is 22.5 Å². The summed E-state index contributed by atoms with van der Waals surface area (Å²) >= 11 is 5.20. The average Bonchev–Trinajstić information content (AvgIpc) is 2.94. The fourth-order valence-electron chi connectivity index (χ4n) is 2.46. The largest absolute Gasteiger partial charge is 0.508 e. The Kier molecular flexibility index (Phi) is 5.04. The number of phenolic OH excluding ortho intramolecular Hbond substituents is 2. The van der Waals surface area contributed by atoms with Crippen molar-refractivity contribution in [3.05, 3.63) is 63.7 Å². The van der Waals surface area contributed by atoms with Gasteiger partial charge in [-0.25, -0.2) is 5.10 Å². The first-order valence-electron chi connectivity index (χ1n) is 7.87. The molecular weight excluding hydrogens is 352 g/mol. The highest BCUT2D eigenvalue weighted by Crippen LogP contribution is 2.23. The maximum atomic E-state index is 9.84. The van der Waals surface area contributed by atoms with Gasteiger partial charge in [0.05, 0.1) is 6.21 Å². The summed E-state index contributed by atoms with van der Waals surface area (Å²) in [6.07, 6.45) is 1.43. The molecule has 3 N–H and O–H groups in total. The molecule has 0 fully saturated rings. The lowest BCUT2D eigenvalue weighted by molar-refractivity contribution is 0.287. The van der Waals surface area contributed by atoms with Gasteiger partial charge in [0, 0.05) is 11.6 Å². The Morgan fingerprint density at radius 2 is 1.96 bits per heavy atom. The van der Waals surface area contributed by atoms with Gasteiger partial charge in [-0.2, -0.15) is 14.9 Å². The summed E-state index contributed by atoms with van der Waals surface area (Å²) in [7, 11) is 0. The van der Waals surface area contributed by atoms with E-state index in [1.54, 1.807) is 6.07 Å². The summed E-state index contributed by atoms with van der Waals surface area (Å²) in [4.78, 5) is 0. The van der Waals surface area contributed by atoms with Crippen molar-refractivity contribution in [3.63, 3.8) is 0 Å². The molecule has 0 spiro atoms. The highest BCUT2D eigenvalue weighted by molar-refractivity contribution is 7.71. The van der Waals surface area contributed by atoms with Crippen LogP contribution in [0.25, 0.3) is 0 Å². The summed E-state index contributed by atoms with van der Waals surface area (Å²) in [5, 5.41) is 30.3. The van der Waals surface area contributed by atoms with Gasteiger partial charge >= 0.3 is 0 Å². The quantitative estimate of drug-likeness (QED) is 0.472. The van der Waals surface area contributed by atoms with Gasteiger partial charge < -0.3 is 14.9 Å². The standard InChI is InChI=1S/C18H18N4O3S/c1-11-4-3-5-12(2)17(11)25-10-16-20-21-18(26)22(16)19-9-13-6-7-14(23)8-15(13)24/h3-9,23-24H,10H2,1-2H3,(H,21,26)/b19-9+. The van der Waals surface area contributed by atoms with E-state index in [-0.39, 0.29) is 18.1 Å². The highest BCUT2D eigenvalue weighted by atomic mass is 32.1. The molecule has 1 heterocycles. The Labute approximate surface area is 155 Å². The summed E-state index contributed by atoms with van der Waals surface area (Å²) in [6.45, 7) is 4.13. The third kappa shape index (κ3) is 3.75. The molecule has 8 heteroatoms. The molecule has 2 aromatic carbocycles. The Morgan fingerprint density at radius 1 is 1.23 bits per heavy atom. The molecule has 0 aliphatic heterocycles. The minimum Gasteiger partial charge on any atom is -0.508 e. The number of H-pyrrole nitrogens is 1. The van der Waals surface area contributed by atoms with Crippen LogP contribution in [0, 0.1) is 18.6 Å². The van der Waals surface area contributed by atoms with Crippen LogP contribution in [0.5, 0.6) is 17.2 Å². The van der Waals surface area contributed by atoms with Gasteiger partial charge in [0.25, 0.3) is 0 Å². The van der Waals surface area contributed by atoms with Crippen molar-refractivity contribution in [2.45, 2.75) is 20.5 Å². The summed E-state index contributed by atoms with van der Waals surface area (Å²) in [5.74, 6) is 1.18. The fourth-order valence-corrected chi connectivity index (χ4v) is 2.66. The van der Waals surface area contributed by atoms with Gasteiger partial charge in [0.2, 0.25) is 4.77 Å². The lowest BCUT2D eigenvalue weighted by Gasteiger charge is -2.11. The molecule has 0 bridgehead atoms. The van der Waals surface area contributed by atoms with E-state index in [1.165, 1.54) is 23.0 Å². The van der Waals surface area contributed by atoms with Crippen molar-refractivity contribution in [1.82, 2.24) is 14.9 Å². The van der Waals surface area contributed by atoms with Gasteiger partial charge in [0.15, 0.2) is 5.82 Å². The molecule has 26 heavy (non-hydrogen) atoms. The topological polar surface area (TPSA) is 95.7 Å². The number of hydrogen-bond donors (Lipinski definition) is 3. The number of rotatable bonds is 5. The van der Waals surface area contributed by atoms with Crippen LogP contribution < -0.4 is 4.74 Å². The maximum absolute atomic E-state index is 9.84. The normalized spacial score (nSPS) is 11.2. The highest BCUT2D eigenvalue weighted by Gasteiger charge is 2.09. The summed E-state index contributed by atoms with van der Waals surface area (Å²) in [6, 6.07) is 10.2. The average molecular weight is 370 g/mol. The molecule has 0 aliphatic rings. The van der Waals surface area contributed by atoms with Gasteiger partial charge in [-0.15, -0.1) is 0 Å². The van der Waals surface area contributed by atoms with E-state index in [0.29, 0.717) is 16.2 Å². The Hall–Kier alpha value is -3.13. The van der Waals surface area contributed by atoms with Crippen molar-refractivity contribution >= 4 is 18.4 Å². The first-order valence-corrected chi connectivity index (χ1v) is 8.28. The molecular formula is C18H18N4O3S. The zero-order chi connectivity index (χ0) is 18.7. The molecule has 0 atom stereocenters. The number of ether oxygens (including phenoxy) is 1. The number of aryl methyl sites for hydroxylation is 2. The van der Waals surface area contributed by atoms with E-state index in [9.17, 15) is 10.2 Å². The summed E-state index contributed by atoms with van der Waals surface area (Å²) < 4.78 is 7.62. The van der Waals surface area contributed by atoms with Crippen LogP contribution in [0.15, 0.2) is 41.5 Å². The number of aromatic amines is 1. The first-order chi connectivity index (χ1) is 12.5. The number of nitrogens with zero attached hydrogens (tertiary/aromatic N) is 3. The minimum atomic E-state index is -0.0860. The number of phenols is 2. The SMILES string of the molecule is Cc1cccc(C)c1OCc1n[nH]c(=S)n1/N=C/c1ccc(O)cc1O. The number of hydrogen-bond acceptors (Lipinski definition) is 6. The predicted molar refractivity (Wildman–Crippen MR) is 100 cm³/mol. The Bertz CT molecular complexity index is 1000. The molecule has 0 radical (unpaired) electrons. The minimum absolute atomic E-state index is 0.0257. The van der Waals surface area contributed by atoms with Gasteiger partial charge in [-0.05, 0) is 49.3 Å². The van der Waals surface area contributed by atoms with E-state index >= 15 is 0 Å². The molecule has 7 nitrogen and oxygen atoms in total. The molecule has 0 aliphatic carbocycles. The van der Waals surface area contributed by atoms with Crippen molar-refractivity contribution in [2.24, 2.45) is 5.10 Å². The fraction of sp³-hybridized carbons (Fsp3) is 0.167. The number of benzene rings is 2. The lowest BCUT2D eigenvalue weighted by atomic mass is 10.1. The molecule has 1 aromatic heterocycles. The Balaban J connectivity index is 1.83. The molecule has 0 saturated carbocycles. The second kappa shape index (κ2) is 7.40. The number of nitrogens with one attached hydrogen (secondary N) is 1. The molecule has 3 aromatic rings. The number of para-hydroxylation sites is 1. The van der Waals surface area contributed by atoms with Gasteiger partial charge in [-0.3, -0.25) is 0 Å². The Morgan fingerprint density at radius 3 is 2.65 bits per heavy atom. The molecule has 0 amide bonds. The van der Waals surface area contributed by atoms with Crippen molar-refractivity contribution in [1.29, 1.82) is 0 Å². The molecule has 134 valence electrons. The molecule has 3 rings (SSSR count). The van der Waals surface area contributed by atoms with Crippen molar-refractivity contribution in [3.8, 4) is 17.2 Å². The third-order valence-electron chi connectivity index (χ3n) is 3.80. The van der Waals surface area contributed by atoms with E-state index in [0.717, 1.165) is 16.9 Å². The van der Waals surface area contributed by atoms with Crippen molar-refractivity contribution < 1.29 is 14.9 Å². The smallest absolute Gasteiger partial charge is 0.216 e. The van der Waals surface area contributed by atoms with E-state index < -0.39 is 0 Å². The van der Waals surface area contributed by atoms with Crippen LogP contribution in [0.2, 0.25) is 0 Å². The first kappa shape index (κ1) is 17.7. The van der Waals surface area contributed by atoms with Crippen LogP contribution in [0.4, 0.5) is 0 Å². The monoisotopic (exact) mass is 370 g/mol.